The van der Waals surface area contributed by atoms with Crippen molar-refractivity contribution in [2.45, 2.75) is 128 Å². The average molecular weight is 1130 g/mol. The first-order valence-electron chi connectivity index (χ1n) is 30.1. The molecule has 6 saturated heterocycles. The molecule has 2 aromatic carbocycles. The summed E-state index contributed by atoms with van der Waals surface area (Å²) in [4.78, 5) is 48.1. The summed E-state index contributed by atoms with van der Waals surface area (Å²) in [6, 6.07) is 17.2. The number of nitrogens with one attached hydrogen (secondary N) is 1. The molecule has 2 amide bonds. The molecule has 2 aromatic heterocycles. The van der Waals surface area contributed by atoms with Gasteiger partial charge in [-0.3, -0.25) is 19.4 Å². The van der Waals surface area contributed by atoms with Gasteiger partial charge >= 0.3 is 0 Å². The number of carbonyl (C=O) groups is 2. The third-order valence-corrected chi connectivity index (χ3v) is 20.2. The van der Waals surface area contributed by atoms with E-state index < -0.39 is 12.0 Å². The third kappa shape index (κ3) is 12.8. The Balaban J connectivity index is 0.604. The van der Waals surface area contributed by atoms with Crippen LogP contribution in [0.15, 0.2) is 82.2 Å². The van der Waals surface area contributed by atoms with Gasteiger partial charge in [0.15, 0.2) is 11.6 Å². The number of aromatic hydroxyl groups is 1. The SMILES string of the molecule is Cc1ncsc1-c1ccc(C(C)NC(=O)C2CCCN2C(=O)C(c2cc(N3CCC(CN4CCC5(CC4)CC(N4CCOC(CN6CCOC7(CCCN(C(/C=C(\N)c8ccccc8O)=C(N)N)C7)C6)C4)C5)CC3)no2)C(C)C)cc1. The number of aromatic nitrogens is 2. The van der Waals surface area contributed by atoms with E-state index in [2.05, 4.69) is 64.2 Å². The second-order valence-electron chi connectivity index (χ2n) is 25.1. The topological polar surface area (TPSA) is 221 Å². The van der Waals surface area contributed by atoms with Crippen molar-refractivity contribution in [2.24, 2.45) is 34.5 Å². The van der Waals surface area contributed by atoms with Crippen molar-refractivity contribution in [1.82, 2.24) is 40.0 Å². The molecule has 4 aromatic rings. The van der Waals surface area contributed by atoms with E-state index in [4.69, 9.17) is 31.2 Å². The Kier molecular flexibility index (Phi) is 17.4. The van der Waals surface area contributed by atoms with Crippen LogP contribution in [-0.2, 0) is 19.1 Å². The Morgan fingerprint density at radius 1 is 0.877 bits per heavy atom. The van der Waals surface area contributed by atoms with Crippen molar-refractivity contribution >= 4 is 34.7 Å². The highest BCUT2D eigenvalue weighted by molar-refractivity contribution is 7.13. The predicted molar refractivity (Wildman–Crippen MR) is 317 cm³/mol. The Labute approximate surface area is 483 Å². The third-order valence-electron chi connectivity index (χ3n) is 19.2. The number of ether oxygens (including phenoxy) is 2. The molecule has 7 aliphatic rings. The van der Waals surface area contributed by atoms with Crippen LogP contribution in [0.3, 0.4) is 0 Å². The molecule has 438 valence electrons. The van der Waals surface area contributed by atoms with Crippen LogP contribution in [0.4, 0.5) is 5.82 Å². The van der Waals surface area contributed by atoms with Crippen molar-refractivity contribution in [3.8, 4) is 16.2 Å². The van der Waals surface area contributed by atoms with Crippen molar-refractivity contribution in [3.63, 3.8) is 0 Å². The second kappa shape index (κ2) is 24.6. The van der Waals surface area contributed by atoms with Crippen LogP contribution in [0.1, 0.15) is 120 Å². The number of carbonyl (C=O) groups excluding carboxylic acids is 2. The number of allylic oxidation sites excluding steroid dienone is 1. The number of benzene rings is 2. The van der Waals surface area contributed by atoms with Gasteiger partial charge in [0.1, 0.15) is 23.5 Å². The number of phenolic OH excluding ortho intramolecular Hbond substituents is 1. The van der Waals surface area contributed by atoms with Crippen molar-refractivity contribution in [2.75, 3.05) is 103 Å². The molecule has 5 unspecified atom stereocenters. The zero-order valence-electron chi connectivity index (χ0n) is 48.3. The summed E-state index contributed by atoms with van der Waals surface area (Å²) >= 11 is 1.63. The first-order valence-corrected chi connectivity index (χ1v) is 31.0. The Hall–Kier alpha value is -5.70. The molecular formula is C62H88N12O6S. The smallest absolute Gasteiger partial charge is 0.243 e. The summed E-state index contributed by atoms with van der Waals surface area (Å²) in [5.41, 5.74) is 25.8. The molecule has 0 radical (unpaired) electrons. The van der Waals surface area contributed by atoms with Crippen molar-refractivity contribution < 1.29 is 28.7 Å². The number of nitrogens with zero attached hydrogens (tertiary/aromatic N) is 8. The lowest BCUT2D eigenvalue weighted by Gasteiger charge is -2.56. The minimum atomic E-state index is -0.522. The van der Waals surface area contributed by atoms with E-state index in [-0.39, 0.29) is 47.0 Å². The number of para-hydroxylation sites is 1. The summed E-state index contributed by atoms with van der Waals surface area (Å²) in [5.74, 6) is 1.61. The maximum Gasteiger partial charge on any atom is 0.243 e. The molecular weight excluding hydrogens is 1040 g/mol. The van der Waals surface area contributed by atoms with E-state index in [0.29, 0.717) is 66.2 Å². The van der Waals surface area contributed by atoms with Gasteiger partial charge in [-0.05, 0) is 138 Å². The highest BCUT2D eigenvalue weighted by atomic mass is 32.1. The van der Waals surface area contributed by atoms with Gasteiger partial charge in [-0.1, -0.05) is 55.4 Å². The Morgan fingerprint density at radius 3 is 2.38 bits per heavy atom. The van der Waals surface area contributed by atoms with Gasteiger partial charge in [-0.15, -0.1) is 11.3 Å². The molecule has 8 N–H and O–H groups in total. The number of morpholine rings is 2. The van der Waals surface area contributed by atoms with E-state index in [0.717, 1.165) is 125 Å². The second-order valence-corrected chi connectivity index (χ2v) is 26.0. The number of aryl methyl sites for hydroxylation is 1. The number of anilines is 1. The van der Waals surface area contributed by atoms with Gasteiger partial charge in [-0.2, -0.15) is 0 Å². The summed E-state index contributed by atoms with van der Waals surface area (Å²) in [6.45, 7) is 21.5. The summed E-state index contributed by atoms with van der Waals surface area (Å²) in [6.07, 6.45) is 12.7. The molecule has 0 bridgehead atoms. The molecule has 7 fully saturated rings. The van der Waals surface area contributed by atoms with E-state index >= 15 is 0 Å². The Bertz CT molecular complexity index is 2860. The Morgan fingerprint density at radius 2 is 1.65 bits per heavy atom. The highest BCUT2D eigenvalue weighted by Gasteiger charge is 2.49. The number of thiazole rings is 1. The van der Waals surface area contributed by atoms with E-state index in [1.165, 1.54) is 38.8 Å². The first kappa shape index (κ1) is 57.1. The van der Waals surface area contributed by atoms with E-state index in [1.54, 1.807) is 40.5 Å². The zero-order valence-corrected chi connectivity index (χ0v) is 49.1. The summed E-state index contributed by atoms with van der Waals surface area (Å²) < 4.78 is 19.1. The fraction of sp³-hybridized carbons (Fsp3) is 0.613. The fourth-order valence-electron chi connectivity index (χ4n) is 14.6. The summed E-state index contributed by atoms with van der Waals surface area (Å²) in [5, 5.41) is 18.2. The van der Waals surface area contributed by atoms with Crippen LogP contribution in [-0.4, -0.2) is 174 Å². The molecule has 2 spiro atoms. The van der Waals surface area contributed by atoms with Crippen LogP contribution in [0.25, 0.3) is 16.1 Å². The van der Waals surface area contributed by atoms with Crippen LogP contribution < -0.4 is 27.4 Å². The molecule has 1 saturated carbocycles. The molecule has 11 rings (SSSR count). The highest BCUT2D eigenvalue weighted by Crippen LogP contribution is 2.51. The van der Waals surface area contributed by atoms with Crippen LogP contribution in [0.2, 0.25) is 0 Å². The van der Waals surface area contributed by atoms with Crippen molar-refractivity contribution in [1.29, 1.82) is 0 Å². The molecule has 1 aliphatic carbocycles. The number of hydrogen-bond donors (Lipinski definition) is 5. The van der Waals surface area contributed by atoms with E-state index in [9.17, 15) is 14.7 Å². The van der Waals surface area contributed by atoms with Gasteiger partial charge in [0.2, 0.25) is 11.8 Å². The minimum Gasteiger partial charge on any atom is -0.507 e. The van der Waals surface area contributed by atoms with Crippen LogP contribution >= 0.6 is 11.3 Å². The number of amides is 2. The normalized spacial score (nSPS) is 25.3. The average Bonchev–Trinajstić information content (AvgIpc) is 4.44. The number of piperidine rings is 3. The van der Waals surface area contributed by atoms with Crippen LogP contribution in [0.5, 0.6) is 5.75 Å². The molecule has 19 heteroatoms. The zero-order chi connectivity index (χ0) is 56.4. The number of phenols is 1. The maximum atomic E-state index is 14.4. The minimum absolute atomic E-state index is 0.0318. The van der Waals surface area contributed by atoms with E-state index in [1.807, 2.05) is 45.3 Å². The van der Waals surface area contributed by atoms with Gasteiger partial charge in [0.05, 0.1) is 52.7 Å². The molecule has 8 heterocycles. The van der Waals surface area contributed by atoms with Gasteiger partial charge < -0.3 is 61.2 Å². The standard InChI is InChI=1S/C62H88N12O6S/c1-41(2)56(60(77)74-22-7-10-51(74)59(76)67-42(3)45-12-14-46(15-13-45)57-43(4)66-40-81-57)54-32-55(68-80-54)71-23-16-44(17-24-71)35-69-25-19-61(20-26-69)33-47(34-61)72-28-29-78-48(37-72)36-70-27-30-79-62(38-70)18-8-21-73(39-62)52(58(64)65)31-50(63)49-9-5-6-11-53(49)75/h5-6,9,11-15,31-32,40-42,44,47-48,51,56,75H,7-8,10,16-30,33-39,63-65H2,1-4H3,(H,67,76)/b50-31-. The monoisotopic (exact) mass is 1130 g/mol. The fourth-order valence-corrected chi connectivity index (χ4v) is 15.4. The lowest BCUT2D eigenvalue weighted by atomic mass is 9.60. The molecule has 6 aliphatic heterocycles. The quantitative estimate of drug-likeness (QED) is 0.0726. The molecule has 81 heavy (non-hydrogen) atoms. The van der Waals surface area contributed by atoms with Gasteiger partial charge in [0.25, 0.3) is 0 Å². The van der Waals surface area contributed by atoms with Crippen LogP contribution in [0, 0.1) is 24.2 Å². The predicted octanol–water partition coefficient (Wildman–Crippen LogP) is 6.84. The summed E-state index contributed by atoms with van der Waals surface area (Å²) in [7, 11) is 0. The molecule has 18 nitrogen and oxygen atoms in total. The number of rotatable bonds is 16. The van der Waals surface area contributed by atoms with Crippen molar-refractivity contribution in [3.05, 3.63) is 100 Å². The number of hydrogen-bond acceptors (Lipinski definition) is 17. The lowest BCUT2D eigenvalue weighted by molar-refractivity contribution is -0.150. The number of nitrogens with two attached hydrogens (primary N) is 3. The largest absolute Gasteiger partial charge is 0.507 e. The van der Waals surface area contributed by atoms with Gasteiger partial charge in [0, 0.05) is 95.4 Å². The first-order chi connectivity index (χ1) is 39.1. The molecule has 5 atom stereocenters. The van der Waals surface area contributed by atoms with Gasteiger partial charge in [-0.25, -0.2) is 4.98 Å². The number of likely N-dealkylation sites (tertiary alicyclic amines) is 3. The lowest BCUT2D eigenvalue weighted by Crippen LogP contribution is -2.62. The maximum absolute atomic E-state index is 14.4.